The van der Waals surface area contributed by atoms with Crippen LogP contribution in [0.1, 0.15) is 17.2 Å². The predicted octanol–water partition coefficient (Wildman–Crippen LogP) is 0.0407. The van der Waals surface area contributed by atoms with Gasteiger partial charge in [-0.15, -0.1) is 0 Å². The zero-order valence-corrected chi connectivity index (χ0v) is 18.9. The van der Waals surface area contributed by atoms with Gasteiger partial charge in [-0.25, -0.2) is 9.59 Å². The average Bonchev–Trinajstić information content (AvgIpc) is 3.32. The maximum Gasteiger partial charge on any atom is 0.414 e. The fourth-order valence-electron chi connectivity index (χ4n) is 2.99. The molecule has 196 valence electrons. The van der Waals surface area contributed by atoms with Crippen LogP contribution in [0.5, 0.6) is 11.5 Å². The summed E-state index contributed by atoms with van der Waals surface area (Å²) in [5, 5.41) is 58.4. The fourth-order valence-corrected chi connectivity index (χ4v) is 2.99. The number of nitrogens with one attached hydrogen (secondary N) is 1. The lowest BCUT2D eigenvalue weighted by Gasteiger charge is -2.24. The van der Waals surface area contributed by atoms with E-state index in [0.29, 0.717) is 17.1 Å². The van der Waals surface area contributed by atoms with E-state index in [1.807, 2.05) is 12.1 Å². The summed E-state index contributed by atoms with van der Waals surface area (Å²) in [6, 6.07) is 10.1. The van der Waals surface area contributed by atoms with E-state index >= 15 is 0 Å². The zero-order valence-electron chi connectivity index (χ0n) is 18.9. The zero-order chi connectivity index (χ0) is 26.7. The van der Waals surface area contributed by atoms with E-state index in [4.69, 9.17) is 34.0 Å². The lowest BCUT2D eigenvalue weighted by molar-refractivity contribution is -0.384. The number of aliphatic hydroxyl groups excluding tert-OH is 3. The normalized spacial score (nSPS) is 14.2. The maximum absolute atomic E-state index is 10.7. The van der Waals surface area contributed by atoms with Gasteiger partial charge in [-0.3, -0.25) is 10.1 Å². The Morgan fingerprint density at radius 1 is 1.06 bits per heavy atom. The number of carbonyl (C=O) groups is 2. The van der Waals surface area contributed by atoms with E-state index in [1.165, 1.54) is 24.3 Å². The number of nitro benzene ring substituents is 1. The second-order valence-corrected chi connectivity index (χ2v) is 7.46. The van der Waals surface area contributed by atoms with Crippen LogP contribution < -0.4 is 14.8 Å². The van der Waals surface area contributed by atoms with Crippen molar-refractivity contribution in [3.63, 3.8) is 0 Å². The number of benzene rings is 2. The number of nitro groups is 1. The molecule has 3 unspecified atom stereocenters. The number of fused-ring (bicyclic) bond motifs is 1. The Morgan fingerprint density at radius 3 is 2.28 bits per heavy atom. The summed E-state index contributed by atoms with van der Waals surface area (Å²) in [6.07, 6.45) is -1.96. The van der Waals surface area contributed by atoms with Gasteiger partial charge in [0.25, 0.3) is 5.69 Å². The largest absolute Gasteiger partial charge is 0.473 e. The number of carboxylic acid groups (broad SMARTS) is 2. The molecule has 3 rings (SSSR count). The van der Waals surface area contributed by atoms with E-state index < -0.39 is 35.1 Å². The maximum atomic E-state index is 10.7. The minimum Gasteiger partial charge on any atom is -0.473 e. The molecular weight excluding hydrogens is 484 g/mol. The Bertz CT molecular complexity index is 1020. The van der Waals surface area contributed by atoms with Crippen molar-refractivity contribution in [2.24, 2.45) is 0 Å². The molecule has 1 heterocycles. The number of hydrogen-bond acceptors (Lipinski definition) is 11. The number of carboxylic acids is 2. The Labute approximate surface area is 204 Å². The molecule has 0 spiro atoms. The van der Waals surface area contributed by atoms with Gasteiger partial charge < -0.3 is 45.1 Å². The lowest BCUT2D eigenvalue weighted by Crippen LogP contribution is -2.43. The van der Waals surface area contributed by atoms with Gasteiger partial charge in [0.05, 0.1) is 43.0 Å². The average molecular weight is 510 g/mol. The number of ether oxygens (including phenoxy) is 3. The van der Waals surface area contributed by atoms with Gasteiger partial charge in [-0.1, -0.05) is 6.07 Å². The minimum absolute atomic E-state index is 0.0488. The molecule has 14 nitrogen and oxygen atoms in total. The molecule has 1 aliphatic rings. The monoisotopic (exact) mass is 510 g/mol. The second-order valence-electron chi connectivity index (χ2n) is 7.46. The highest BCUT2D eigenvalue weighted by molar-refractivity contribution is 6.27. The summed E-state index contributed by atoms with van der Waals surface area (Å²) in [4.78, 5) is 28.4. The molecule has 3 atom stereocenters. The molecule has 0 saturated carbocycles. The molecule has 0 saturated heterocycles. The van der Waals surface area contributed by atoms with Crippen LogP contribution in [0.4, 0.5) is 5.69 Å². The van der Waals surface area contributed by atoms with Crippen LogP contribution in [0.2, 0.25) is 0 Å². The highest BCUT2D eigenvalue weighted by atomic mass is 16.7. The summed E-state index contributed by atoms with van der Waals surface area (Å²) in [5.41, 5.74) is 1.21. The number of aliphatic hydroxyl groups is 3. The molecule has 0 fully saturated rings. The van der Waals surface area contributed by atoms with Crippen LogP contribution in [-0.4, -0.2) is 81.1 Å². The number of rotatable bonds is 11. The summed E-state index contributed by atoms with van der Waals surface area (Å²) in [6.45, 7) is 0.219. The summed E-state index contributed by atoms with van der Waals surface area (Å²) < 4.78 is 16.1. The van der Waals surface area contributed by atoms with Crippen molar-refractivity contribution in [2.45, 2.75) is 24.9 Å². The van der Waals surface area contributed by atoms with Crippen molar-refractivity contribution in [1.82, 2.24) is 5.32 Å². The third-order valence-corrected chi connectivity index (χ3v) is 4.84. The molecule has 36 heavy (non-hydrogen) atoms. The highest BCUT2D eigenvalue weighted by Gasteiger charge is 2.22. The smallest absolute Gasteiger partial charge is 0.414 e. The van der Waals surface area contributed by atoms with Crippen LogP contribution in [0, 0.1) is 10.1 Å². The second kappa shape index (κ2) is 13.9. The van der Waals surface area contributed by atoms with Crippen molar-refractivity contribution < 1.29 is 54.3 Å². The van der Waals surface area contributed by atoms with Crippen LogP contribution in [0.3, 0.4) is 0 Å². The van der Waals surface area contributed by atoms with Crippen molar-refractivity contribution in [2.75, 3.05) is 26.6 Å². The highest BCUT2D eigenvalue weighted by Crippen LogP contribution is 2.32. The van der Waals surface area contributed by atoms with Gasteiger partial charge in [0.15, 0.2) is 11.5 Å². The molecule has 1 aliphatic heterocycles. The van der Waals surface area contributed by atoms with Crippen molar-refractivity contribution in [3.05, 3.63) is 63.7 Å². The Balaban J connectivity index is 0.000000678. The first-order valence-electron chi connectivity index (χ1n) is 10.5. The van der Waals surface area contributed by atoms with E-state index in [9.17, 15) is 25.4 Å². The number of aliphatic carboxylic acids is 2. The van der Waals surface area contributed by atoms with E-state index in [-0.39, 0.29) is 38.8 Å². The first-order valence-corrected chi connectivity index (χ1v) is 10.5. The van der Waals surface area contributed by atoms with Gasteiger partial charge in [0, 0.05) is 18.7 Å². The molecule has 0 aromatic heterocycles. The van der Waals surface area contributed by atoms with Crippen LogP contribution >= 0.6 is 0 Å². The first-order chi connectivity index (χ1) is 17.1. The van der Waals surface area contributed by atoms with Gasteiger partial charge in [-0.05, 0) is 35.4 Å². The van der Waals surface area contributed by atoms with Gasteiger partial charge >= 0.3 is 11.9 Å². The molecular formula is C22H26N2O12. The van der Waals surface area contributed by atoms with Crippen LogP contribution in [-0.2, 0) is 20.9 Å². The Morgan fingerprint density at radius 2 is 1.69 bits per heavy atom. The topological polar surface area (TPSA) is 218 Å². The van der Waals surface area contributed by atoms with E-state index in [1.54, 1.807) is 6.07 Å². The standard InChI is InChI=1S/C20H24N2O8.C2H2O4/c23-9-17(20(25)14-2-4-15(5-3-14)22(26)27)21-8-16(24)11-28-10-13-1-6-18-19(7-13)30-12-29-18;3-1(4)2(5)6/h1-7,16-17,20-21,23-25H,8-12H2;(H,3,4)(H,5,6). The van der Waals surface area contributed by atoms with Crippen LogP contribution in [0.25, 0.3) is 0 Å². The van der Waals surface area contributed by atoms with Crippen LogP contribution in [0.15, 0.2) is 42.5 Å². The van der Waals surface area contributed by atoms with Gasteiger partial charge in [-0.2, -0.15) is 0 Å². The summed E-state index contributed by atoms with van der Waals surface area (Å²) >= 11 is 0. The Kier molecular flexibility index (Phi) is 11.0. The SMILES string of the molecule is O=C(O)C(=O)O.O=[N+]([O-])c1ccc(C(O)C(CO)NCC(O)COCc2ccc3c(c2)OCO3)cc1. The quantitative estimate of drug-likeness (QED) is 0.134. The van der Waals surface area contributed by atoms with Crippen molar-refractivity contribution >= 4 is 17.6 Å². The molecule has 2 aromatic rings. The third kappa shape index (κ3) is 8.75. The minimum atomic E-state index is -1.82. The molecule has 2 aromatic carbocycles. The molecule has 0 aliphatic carbocycles. The molecule has 0 amide bonds. The summed E-state index contributed by atoms with van der Waals surface area (Å²) in [5.74, 6) is -2.31. The van der Waals surface area contributed by atoms with E-state index in [0.717, 1.165) is 5.56 Å². The number of non-ortho nitro benzene ring substituents is 1. The molecule has 6 N–H and O–H groups in total. The Hall–Kier alpha value is -3.82. The molecule has 0 bridgehead atoms. The summed E-state index contributed by atoms with van der Waals surface area (Å²) in [7, 11) is 0. The van der Waals surface area contributed by atoms with Crippen molar-refractivity contribution in [1.29, 1.82) is 0 Å². The molecule has 14 heteroatoms. The predicted molar refractivity (Wildman–Crippen MR) is 120 cm³/mol. The fraction of sp³-hybridized carbons (Fsp3) is 0.364. The molecule has 0 radical (unpaired) electrons. The van der Waals surface area contributed by atoms with E-state index in [2.05, 4.69) is 5.32 Å². The van der Waals surface area contributed by atoms with Crippen molar-refractivity contribution in [3.8, 4) is 11.5 Å². The van der Waals surface area contributed by atoms with Gasteiger partial charge in [0.1, 0.15) is 0 Å². The third-order valence-electron chi connectivity index (χ3n) is 4.84. The number of hydrogen-bond donors (Lipinski definition) is 6. The number of nitrogens with zero attached hydrogens (tertiary/aromatic N) is 1. The first kappa shape index (κ1) is 28.4. The lowest BCUT2D eigenvalue weighted by atomic mass is 10.0. The van der Waals surface area contributed by atoms with Gasteiger partial charge in [0.2, 0.25) is 6.79 Å².